The Labute approximate surface area is 298 Å². The number of urea groups is 1. The van der Waals surface area contributed by atoms with Gasteiger partial charge in [-0.2, -0.15) is 28.5 Å². The van der Waals surface area contributed by atoms with Crippen LogP contribution in [0.1, 0.15) is 49.7 Å². The third-order valence-corrected chi connectivity index (χ3v) is 8.76. The number of amides is 2. The second-order valence-electron chi connectivity index (χ2n) is 12.5. The van der Waals surface area contributed by atoms with E-state index in [1.165, 1.54) is 0 Å². The molecule has 2 amide bonds. The number of halogens is 3. The van der Waals surface area contributed by atoms with Gasteiger partial charge in [0.05, 0.1) is 12.4 Å². The van der Waals surface area contributed by atoms with Crippen LogP contribution in [-0.2, 0) is 18.4 Å². The minimum absolute atomic E-state index is 0.0198. The van der Waals surface area contributed by atoms with Crippen LogP contribution in [0.2, 0.25) is 0 Å². The number of nitriles is 1. The zero-order valence-electron chi connectivity index (χ0n) is 28.5. The average molecular weight is 720 g/mol. The van der Waals surface area contributed by atoms with Gasteiger partial charge in [0.25, 0.3) is 0 Å². The number of carbonyl (C=O) groups is 2. The van der Waals surface area contributed by atoms with E-state index in [0.29, 0.717) is 35.7 Å². The monoisotopic (exact) mass is 719 g/mol. The number of aromatic nitrogens is 5. The van der Waals surface area contributed by atoms with Crippen LogP contribution in [0.3, 0.4) is 0 Å². The van der Waals surface area contributed by atoms with E-state index in [-0.39, 0.29) is 18.1 Å². The summed E-state index contributed by atoms with van der Waals surface area (Å²) >= 11 is 0. The molecular formula is C35H40F3N11O3. The molecule has 1 aliphatic carbocycles. The topological polar surface area (TPSA) is 186 Å². The van der Waals surface area contributed by atoms with Gasteiger partial charge in [-0.15, -0.1) is 0 Å². The number of aryl methyl sites for hydroxylation is 1. The van der Waals surface area contributed by atoms with Gasteiger partial charge in [-0.1, -0.05) is 30.3 Å². The summed E-state index contributed by atoms with van der Waals surface area (Å²) < 4.78 is 33.5. The van der Waals surface area contributed by atoms with Crippen molar-refractivity contribution in [2.24, 2.45) is 7.05 Å². The van der Waals surface area contributed by atoms with E-state index in [1.54, 1.807) is 23.3 Å². The number of carbonyl (C=O) groups excluding carboxylic acids is 1. The van der Waals surface area contributed by atoms with Crippen molar-refractivity contribution in [2.45, 2.75) is 69.4 Å². The first-order valence-corrected chi connectivity index (χ1v) is 16.9. The Morgan fingerprint density at radius 1 is 1.04 bits per heavy atom. The van der Waals surface area contributed by atoms with Crippen LogP contribution in [0, 0.1) is 11.3 Å². The van der Waals surface area contributed by atoms with Crippen molar-refractivity contribution in [2.75, 3.05) is 28.6 Å². The zero-order valence-corrected chi connectivity index (χ0v) is 28.5. The fourth-order valence-electron chi connectivity index (χ4n) is 6.06. The lowest BCUT2D eigenvalue weighted by molar-refractivity contribution is -0.192. The number of aliphatic carboxylic acids is 1. The van der Waals surface area contributed by atoms with Crippen LogP contribution in [0.15, 0.2) is 67.3 Å². The molecule has 52 heavy (non-hydrogen) atoms. The molecule has 1 saturated heterocycles. The number of hydrogen-bond acceptors (Lipinski definition) is 10. The molecule has 2 aliphatic rings. The summed E-state index contributed by atoms with van der Waals surface area (Å²) in [5.41, 5.74) is 3.39. The summed E-state index contributed by atoms with van der Waals surface area (Å²) in [6, 6.07) is 16.3. The van der Waals surface area contributed by atoms with Crippen LogP contribution in [0.5, 0.6) is 0 Å². The van der Waals surface area contributed by atoms with Gasteiger partial charge in [0, 0.05) is 61.8 Å². The molecule has 4 heterocycles. The summed E-state index contributed by atoms with van der Waals surface area (Å²) in [5, 5.41) is 34.3. The van der Waals surface area contributed by atoms with Crippen LogP contribution in [0.4, 0.5) is 35.5 Å². The highest BCUT2D eigenvalue weighted by molar-refractivity contribution is 5.91. The first-order valence-electron chi connectivity index (χ1n) is 16.9. The Morgan fingerprint density at radius 2 is 1.79 bits per heavy atom. The van der Waals surface area contributed by atoms with Crippen LogP contribution < -0.4 is 26.2 Å². The fraction of sp³-hybridized carbons (Fsp3) is 0.400. The predicted molar refractivity (Wildman–Crippen MR) is 187 cm³/mol. The van der Waals surface area contributed by atoms with Gasteiger partial charge in [0.2, 0.25) is 5.95 Å². The highest BCUT2D eigenvalue weighted by Gasteiger charge is 2.38. The van der Waals surface area contributed by atoms with Crippen LogP contribution >= 0.6 is 0 Å². The molecule has 14 nitrogen and oxygen atoms in total. The summed E-state index contributed by atoms with van der Waals surface area (Å²) in [7, 11) is 1.88. The molecule has 2 fully saturated rings. The zero-order chi connectivity index (χ0) is 37.1. The van der Waals surface area contributed by atoms with Crippen molar-refractivity contribution in [3.63, 3.8) is 0 Å². The van der Waals surface area contributed by atoms with Crippen LogP contribution in [-0.4, -0.2) is 79.2 Å². The van der Waals surface area contributed by atoms with Crippen molar-refractivity contribution in [1.82, 2.24) is 35.4 Å². The fourth-order valence-corrected chi connectivity index (χ4v) is 6.06. The third kappa shape index (κ3) is 10.4. The number of rotatable bonds is 10. The lowest BCUT2D eigenvalue weighted by atomic mass is 9.90. The number of nitrogens with one attached hydrogen (secondary N) is 4. The molecule has 5 N–H and O–H groups in total. The largest absolute Gasteiger partial charge is 0.490 e. The highest BCUT2D eigenvalue weighted by Crippen LogP contribution is 2.30. The predicted octanol–water partition coefficient (Wildman–Crippen LogP) is 5.08. The number of carboxylic acid groups (broad SMARTS) is 1. The lowest BCUT2D eigenvalue weighted by Gasteiger charge is -2.36. The molecule has 1 saturated carbocycles. The molecule has 274 valence electrons. The standard InChI is InChI=1S/C33H39N11O.C2HF3O2/c1-43-22-26(20-40-43)24-9-14-30(36-18-24)44(33(45)39-17-23-6-3-2-4-7-23)29-12-10-27(11-13-29)41-32-38-19-25(16-34)31(42-32)37-21-28-8-5-15-35-28;3-2(4,5)1(6)7/h2-4,6-7,9,14,18-20,22,27-29,35H,5,8,10-13,15,17,21H2,1H3,(H,39,45)(H2,37,38,41,42);(H,6,7). The van der Waals surface area contributed by atoms with Crippen molar-refractivity contribution < 1.29 is 27.9 Å². The number of anilines is 3. The Morgan fingerprint density at radius 3 is 2.38 bits per heavy atom. The molecular weight excluding hydrogens is 679 g/mol. The number of carboxylic acids is 1. The van der Waals surface area contributed by atoms with Crippen molar-refractivity contribution >= 4 is 29.6 Å². The molecule has 0 spiro atoms. The Hall–Kier alpha value is -5.76. The SMILES string of the molecule is Cn1cc(-c2ccc(N(C(=O)NCc3ccccc3)C3CCC(Nc4ncc(C#N)c(NCC5CCCN5)n4)CC3)nc2)cn1.O=C(O)C(F)(F)F. The molecule has 6 rings (SSSR count). The van der Waals surface area contributed by atoms with Crippen molar-refractivity contribution in [3.8, 4) is 17.2 Å². The summed E-state index contributed by atoms with van der Waals surface area (Å²) in [6.07, 6.45) is 7.55. The minimum atomic E-state index is -5.08. The Bertz CT molecular complexity index is 1820. The van der Waals surface area contributed by atoms with Gasteiger partial charge in [-0.25, -0.2) is 19.6 Å². The van der Waals surface area contributed by atoms with E-state index >= 15 is 0 Å². The van der Waals surface area contributed by atoms with Gasteiger partial charge in [-0.3, -0.25) is 9.58 Å². The maximum atomic E-state index is 13.7. The number of hydrogen-bond donors (Lipinski definition) is 5. The minimum Gasteiger partial charge on any atom is -0.475 e. The number of benzene rings is 1. The molecule has 1 unspecified atom stereocenters. The highest BCUT2D eigenvalue weighted by atomic mass is 19.4. The van der Waals surface area contributed by atoms with E-state index < -0.39 is 12.1 Å². The normalized spacial score (nSPS) is 18.3. The van der Waals surface area contributed by atoms with E-state index in [0.717, 1.165) is 68.3 Å². The molecule has 4 aromatic rings. The molecule has 17 heteroatoms. The van der Waals surface area contributed by atoms with Crippen LogP contribution in [0.25, 0.3) is 11.1 Å². The maximum absolute atomic E-state index is 13.7. The Kier molecular flexibility index (Phi) is 12.6. The second kappa shape index (κ2) is 17.4. The number of pyridine rings is 1. The Balaban J connectivity index is 0.000000679. The first-order chi connectivity index (χ1) is 25.0. The first kappa shape index (κ1) is 37.5. The third-order valence-electron chi connectivity index (χ3n) is 8.76. The summed E-state index contributed by atoms with van der Waals surface area (Å²) in [5.74, 6) is -1.08. The smallest absolute Gasteiger partial charge is 0.475 e. The van der Waals surface area contributed by atoms with Gasteiger partial charge in [0.1, 0.15) is 23.3 Å². The van der Waals surface area contributed by atoms with E-state index in [2.05, 4.69) is 42.4 Å². The lowest BCUT2D eigenvalue weighted by Crippen LogP contribution is -2.49. The number of nitrogens with zero attached hydrogens (tertiary/aromatic N) is 7. The molecule has 1 aromatic carbocycles. The van der Waals surface area contributed by atoms with E-state index in [1.807, 2.05) is 60.6 Å². The number of alkyl halides is 3. The molecule has 0 radical (unpaired) electrons. The van der Waals surface area contributed by atoms with Gasteiger partial charge >= 0.3 is 18.2 Å². The molecule has 1 aliphatic heterocycles. The quantitative estimate of drug-likeness (QED) is 0.147. The average Bonchev–Trinajstić information content (AvgIpc) is 3.83. The van der Waals surface area contributed by atoms with Crippen molar-refractivity contribution in [1.29, 1.82) is 5.26 Å². The molecule has 3 aromatic heterocycles. The van der Waals surface area contributed by atoms with Gasteiger partial charge in [0.15, 0.2) is 0 Å². The van der Waals surface area contributed by atoms with E-state index in [9.17, 15) is 23.2 Å². The maximum Gasteiger partial charge on any atom is 0.490 e. The van der Waals surface area contributed by atoms with Gasteiger partial charge < -0.3 is 26.4 Å². The molecule has 1 atom stereocenters. The summed E-state index contributed by atoms with van der Waals surface area (Å²) in [4.78, 5) is 38.2. The van der Waals surface area contributed by atoms with E-state index in [4.69, 9.17) is 14.9 Å². The van der Waals surface area contributed by atoms with Gasteiger partial charge in [-0.05, 0) is 62.8 Å². The summed E-state index contributed by atoms with van der Waals surface area (Å²) in [6.45, 7) is 2.18. The van der Waals surface area contributed by atoms with Crippen molar-refractivity contribution in [3.05, 3.63) is 78.4 Å². The molecule has 0 bridgehead atoms. The second-order valence-corrected chi connectivity index (χ2v) is 12.5.